The summed E-state index contributed by atoms with van der Waals surface area (Å²) >= 11 is 0. The zero-order chi connectivity index (χ0) is 13.9. The molecule has 0 radical (unpaired) electrons. The lowest BCUT2D eigenvalue weighted by molar-refractivity contribution is 0.296. The van der Waals surface area contributed by atoms with E-state index in [0.29, 0.717) is 0 Å². The fourth-order valence-electron chi connectivity index (χ4n) is 2.93. The molecular weight excluding hydrogens is 248 g/mol. The maximum atomic E-state index is 4.62. The molecule has 3 rings (SSSR count). The van der Waals surface area contributed by atoms with Crippen molar-refractivity contribution in [3.63, 3.8) is 0 Å². The number of hydrogen-bond donors (Lipinski definition) is 1. The Morgan fingerprint density at radius 2 is 2.15 bits per heavy atom. The molecule has 20 heavy (non-hydrogen) atoms. The van der Waals surface area contributed by atoms with Crippen LogP contribution < -0.4 is 5.32 Å². The molecule has 4 heteroatoms. The van der Waals surface area contributed by atoms with Crippen LogP contribution in [-0.4, -0.2) is 47.2 Å². The first-order valence-electron chi connectivity index (χ1n) is 7.59. The van der Waals surface area contributed by atoms with Crippen LogP contribution in [0.4, 0.5) is 0 Å². The van der Waals surface area contributed by atoms with Crippen molar-refractivity contribution in [2.75, 3.05) is 32.7 Å². The van der Waals surface area contributed by atoms with Crippen molar-refractivity contribution in [1.82, 2.24) is 19.8 Å². The first kappa shape index (κ1) is 13.6. The SMILES string of the molecule is Cc1nc2cc(CCN3CCCNCC3)ccc2n1C. The van der Waals surface area contributed by atoms with Gasteiger partial charge < -0.3 is 14.8 Å². The molecule has 1 aliphatic rings. The molecule has 4 nitrogen and oxygen atoms in total. The van der Waals surface area contributed by atoms with Gasteiger partial charge in [0.1, 0.15) is 5.82 Å². The molecule has 1 aromatic heterocycles. The molecule has 0 saturated carbocycles. The van der Waals surface area contributed by atoms with Crippen molar-refractivity contribution in [2.24, 2.45) is 7.05 Å². The topological polar surface area (TPSA) is 33.1 Å². The smallest absolute Gasteiger partial charge is 0.106 e. The number of aromatic nitrogens is 2. The molecule has 1 fully saturated rings. The van der Waals surface area contributed by atoms with Gasteiger partial charge >= 0.3 is 0 Å². The molecule has 2 aromatic rings. The van der Waals surface area contributed by atoms with Crippen LogP contribution in [0, 0.1) is 6.92 Å². The van der Waals surface area contributed by atoms with Gasteiger partial charge in [-0.3, -0.25) is 0 Å². The number of benzene rings is 1. The normalized spacial score (nSPS) is 17.5. The molecule has 0 spiro atoms. The van der Waals surface area contributed by atoms with Gasteiger partial charge in [0.05, 0.1) is 11.0 Å². The van der Waals surface area contributed by atoms with Crippen molar-refractivity contribution in [3.05, 3.63) is 29.6 Å². The zero-order valence-electron chi connectivity index (χ0n) is 12.5. The summed E-state index contributed by atoms with van der Waals surface area (Å²) in [4.78, 5) is 7.19. The van der Waals surface area contributed by atoms with Gasteiger partial charge in [0.2, 0.25) is 0 Å². The van der Waals surface area contributed by atoms with Gasteiger partial charge in [0.25, 0.3) is 0 Å². The van der Waals surface area contributed by atoms with E-state index in [0.717, 1.165) is 37.4 Å². The van der Waals surface area contributed by atoms with Crippen molar-refractivity contribution in [3.8, 4) is 0 Å². The minimum atomic E-state index is 1.08. The van der Waals surface area contributed by atoms with Gasteiger partial charge in [-0.2, -0.15) is 0 Å². The van der Waals surface area contributed by atoms with Gasteiger partial charge in [-0.1, -0.05) is 6.07 Å². The second-order valence-corrected chi connectivity index (χ2v) is 5.74. The largest absolute Gasteiger partial charge is 0.331 e. The maximum absolute atomic E-state index is 4.62. The van der Waals surface area contributed by atoms with Crippen molar-refractivity contribution in [1.29, 1.82) is 0 Å². The highest BCUT2D eigenvalue weighted by Crippen LogP contribution is 2.17. The first-order chi connectivity index (χ1) is 9.74. The van der Waals surface area contributed by atoms with Crippen LogP contribution in [0.15, 0.2) is 18.2 Å². The summed E-state index contributed by atoms with van der Waals surface area (Å²) in [6.45, 7) is 7.89. The number of aryl methyl sites for hydroxylation is 2. The Morgan fingerprint density at radius 3 is 3.05 bits per heavy atom. The molecule has 1 aliphatic heterocycles. The van der Waals surface area contributed by atoms with Crippen LogP contribution in [0.3, 0.4) is 0 Å². The average Bonchev–Trinajstić information content (AvgIpc) is 2.65. The third kappa shape index (κ3) is 2.86. The zero-order valence-corrected chi connectivity index (χ0v) is 12.5. The Kier molecular flexibility index (Phi) is 4.03. The minimum absolute atomic E-state index is 1.08. The van der Waals surface area contributed by atoms with Crippen LogP contribution in [0.25, 0.3) is 11.0 Å². The number of hydrogen-bond acceptors (Lipinski definition) is 3. The van der Waals surface area contributed by atoms with Gasteiger partial charge in [-0.05, 0) is 50.6 Å². The standard InChI is InChI=1S/C16H24N4/c1-13-18-15-12-14(4-5-16(15)19(13)2)6-10-20-9-3-7-17-8-11-20/h4-5,12,17H,3,6-11H2,1-2H3. The van der Waals surface area contributed by atoms with Gasteiger partial charge in [-0.15, -0.1) is 0 Å². The highest BCUT2D eigenvalue weighted by Gasteiger charge is 2.09. The lowest BCUT2D eigenvalue weighted by atomic mass is 10.1. The van der Waals surface area contributed by atoms with E-state index < -0.39 is 0 Å². The van der Waals surface area contributed by atoms with Crippen LogP contribution in [0.1, 0.15) is 17.8 Å². The number of nitrogens with one attached hydrogen (secondary N) is 1. The van der Waals surface area contributed by atoms with Crippen LogP contribution in [-0.2, 0) is 13.5 Å². The maximum Gasteiger partial charge on any atom is 0.106 e. The van der Waals surface area contributed by atoms with E-state index in [9.17, 15) is 0 Å². The fraction of sp³-hybridized carbons (Fsp3) is 0.562. The Morgan fingerprint density at radius 1 is 1.25 bits per heavy atom. The van der Waals surface area contributed by atoms with Crippen molar-refractivity contribution < 1.29 is 0 Å². The molecule has 1 saturated heterocycles. The summed E-state index contributed by atoms with van der Waals surface area (Å²) in [7, 11) is 2.08. The molecule has 0 amide bonds. The molecule has 1 aromatic carbocycles. The Hall–Kier alpha value is -1.39. The quantitative estimate of drug-likeness (QED) is 0.923. The summed E-state index contributed by atoms with van der Waals surface area (Å²) < 4.78 is 2.15. The molecule has 2 heterocycles. The predicted molar refractivity (Wildman–Crippen MR) is 83.1 cm³/mol. The molecule has 108 valence electrons. The predicted octanol–water partition coefficient (Wildman–Crippen LogP) is 1.72. The number of nitrogens with zero attached hydrogens (tertiary/aromatic N) is 3. The van der Waals surface area contributed by atoms with E-state index in [4.69, 9.17) is 0 Å². The number of rotatable bonds is 3. The average molecular weight is 272 g/mol. The molecule has 0 unspecified atom stereocenters. The van der Waals surface area contributed by atoms with Crippen molar-refractivity contribution in [2.45, 2.75) is 19.8 Å². The molecular formula is C16H24N4. The highest BCUT2D eigenvalue weighted by atomic mass is 15.1. The third-order valence-corrected chi connectivity index (χ3v) is 4.32. The fourth-order valence-corrected chi connectivity index (χ4v) is 2.93. The Balaban J connectivity index is 1.68. The van der Waals surface area contributed by atoms with E-state index in [1.807, 2.05) is 0 Å². The third-order valence-electron chi connectivity index (χ3n) is 4.32. The van der Waals surface area contributed by atoms with Gasteiger partial charge in [0.15, 0.2) is 0 Å². The highest BCUT2D eigenvalue weighted by molar-refractivity contribution is 5.76. The monoisotopic (exact) mass is 272 g/mol. The van der Waals surface area contributed by atoms with Crippen LogP contribution >= 0.6 is 0 Å². The summed E-state index contributed by atoms with van der Waals surface area (Å²) in [5, 5.41) is 3.45. The van der Waals surface area contributed by atoms with E-state index >= 15 is 0 Å². The minimum Gasteiger partial charge on any atom is -0.331 e. The van der Waals surface area contributed by atoms with E-state index in [1.165, 1.54) is 30.6 Å². The van der Waals surface area contributed by atoms with Crippen LogP contribution in [0.2, 0.25) is 0 Å². The molecule has 0 bridgehead atoms. The summed E-state index contributed by atoms with van der Waals surface area (Å²) in [6.07, 6.45) is 2.38. The van der Waals surface area contributed by atoms with Crippen LogP contribution in [0.5, 0.6) is 0 Å². The molecule has 0 atom stereocenters. The lowest BCUT2D eigenvalue weighted by Gasteiger charge is -2.19. The van der Waals surface area contributed by atoms with Gasteiger partial charge in [-0.25, -0.2) is 4.98 Å². The summed E-state index contributed by atoms with van der Waals surface area (Å²) in [6, 6.07) is 6.70. The number of fused-ring (bicyclic) bond motifs is 1. The summed E-state index contributed by atoms with van der Waals surface area (Å²) in [5.41, 5.74) is 3.75. The Bertz CT molecular complexity index is 579. The lowest BCUT2D eigenvalue weighted by Crippen LogP contribution is -2.30. The molecule has 1 N–H and O–H groups in total. The summed E-state index contributed by atoms with van der Waals surface area (Å²) in [5.74, 6) is 1.08. The second kappa shape index (κ2) is 5.94. The first-order valence-corrected chi connectivity index (χ1v) is 7.59. The second-order valence-electron chi connectivity index (χ2n) is 5.74. The van der Waals surface area contributed by atoms with E-state index in [1.54, 1.807) is 0 Å². The van der Waals surface area contributed by atoms with E-state index in [-0.39, 0.29) is 0 Å². The van der Waals surface area contributed by atoms with Crippen molar-refractivity contribution >= 4 is 11.0 Å². The number of imidazole rings is 1. The van der Waals surface area contributed by atoms with E-state index in [2.05, 4.69) is 51.9 Å². The van der Waals surface area contributed by atoms with Gasteiger partial charge in [0, 0.05) is 26.7 Å². The molecule has 0 aliphatic carbocycles. The Labute approximate surface area is 120 Å².